The zero-order valence-electron chi connectivity index (χ0n) is 15.7. The Morgan fingerprint density at radius 2 is 1.81 bits per heavy atom. The van der Waals surface area contributed by atoms with Crippen LogP contribution in [0.2, 0.25) is 0 Å². The molecule has 27 heavy (non-hydrogen) atoms. The molecule has 2 aromatic rings. The van der Waals surface area contributed by atoms with Crippen molar-refractivity contribution in [2.75, 3.05) is 42.3 Å². The molecule has 0 atom stereocenters. The van der Waals surface area contributed by atoms with Crippen LogP contribution in [0.5, 0.6) is 0 Å². The fourth-order valence-corrected chi connectivity index (χ4v) is 3.13. The molecule has 3 rings (SSSR count). The highest BCUT2D eigenvalue weighted by Crippen LogP contribution is 2.31. The summed E-state index contributed by atoms with van der Waals surface area (Å²) in [6, 6.07) is 9.43. The number of anilines is 3. The van der Waals surface area contributed by atoms with E-state index in [1.54, 1.807) is 19.0 Å². The van der Waals surface area contributed by atoms with E-state index >= 15 is 0 Å². The maximum atomic E-state index is 13.2. The van der Waals surface area contributed by atoms with Gasteiger partial charge in [0.2, 0.25) is 5.95 Å². The molecule has 0 spiro atoms. The molecule has 8 heteroatoms. The lowest BCUT2D eigenvalue weighted by Gasteiger charge is -2.33. The van der Waals surface area contributed by atoms with Crippen LogP contribution >= 0.6 is 0 Å². The number of hydrogen-bond donors (Lipinski definition) is 1. The van der Waals surface area contributed by atoms with Gasteiger partial charge in [-0.05, 0) is 37.5 Å². The highest BCUT2D eigenvalue weighted by atomic mass is 19.4. The normalized spacial score (nSPS) is 15.7. The number of aromatic nitrogens is 2. The van der Waals surface area contributed by atoms with Gasteiger partial charge in [0.1, 0.15) is 5.82 Å². The summed E-state index contributed by atoms with van der Waals surface area (Å²) in [7, 11) is 3.34. The van der Waals surface area contributed by atoms with Crippen LogP contribution in [-0.4, -0.2) is 43.2 Å². The third kappa shape index (κ3) is 4.81. The molecule has 0 bridgehead atoms. The number of halogens is 3. The van der Waals surface area contributed by atoms with E-state index in [0.29, 0.717) is 13.1 Å². The third-order valence-corrected chi connectivity index (χ3v) is 4.62. The van der Waals surface area contributed by atoms with Crippen molar-refractivity contribution < 1.29 is 13.2 Å². The lowest BCUT2D eigenvalue weighted by molar-refractivity contribution is -0.141. The number of piperidine rings is 1. The van der Waals surface area contributed by atoms with Crippen LogP contribution in [0.25, 0.3) is 0 Å². The highest BCUT2D eigenvalue weighted by molar-refractivity contribution is 5.48. The number of rotatable bonds is 4. The summed E-state index contributed by atoms with van der Waals surface area (Å²) < 4.78 is 39.5. The van der Waals surface area contributed by atoms with Crippen molar-refractivity contribution in [3.8, 4) is 0 Å². The van der Waals surface area contributed by atoms with Gasteiger partial charge < -0.3 is 15.1 Å². The molecule has 1 saturated heterocycles. The van der Waals surface area contributed by atoms with Gasteiger partial charge in [-0.2, -0.15) is 18.2 Å². The zero-order valence-corrected chi connectivity index (χ0v) is 15.7. The van der Waals surface area contributed by atoms with Gasteiger partial charge in [-0.15, -0.1) is 0 Å². The SMILES string of the molecule is Cc1cccc(NC2CCN(c3nc(N(C)C)cc(C(F)(F)F)n3)CC2)c1. The van der Waals surface area contributed by atoms with Crippen LogP contribution in [0.3, 0.4) is 0 Å². The largest absolute Gasteiger partial charge is 0.433 e. The molecule has 0 amide bonds. The van der Waals surface area contributed by atoms with Crippen LogP contribution in [0.4, 0.5) is 30.6 Å². The lowest BCUT2D eigenvalue weighted by atomic mass is 10.0. The van der Waals surface area contributed by atoms with Gasteiger partial charge in [0.15, 0.2) is 5.69 Å². The van der Waals surface area contributed by atoms with Gasteiger partial charge in [-0.3, -0.25) is 0 Å². The van der Waals surface area contributed by atoms with Crippen molar-refractivity contribution in [2.24, 2.45) is 0 Å². The second-order valence-electron chi connectivity index (χ2n) is 7.08. The number of aryl methyl sites for hydroxylation is 1. The Hall–Kier alpha value is -2.51. The van der Waals surface area contributed by atoms with E-state index in [1.165, 1.54) is 5.56 Å². The first kappa shape index (κ1) is 19.3. The Bertz CT molecular complexity index is 783. The third-order valence-electron chi connectivity index (χ3n) is 4.62. The maximum Gasteiger partial charge on any atom is 0.433 e. The minimum Gasteiger partial charge on any atom is -0.382 e. The summed E-state index contributed by atoms with van der Waals surface area (Å²) in [6.45, 7) is 3.26. The van der Waals surface area contributed by atoms with Crippen LogP contribution in [0.15, 0.2) is 30.3 Å². The van der Waals surface area contributed by atoms with Crippen molar-refractivity contribution >= 4 is 17.5 Å². The highest BCUT2D eigenvalue weighted by Gasteiger charge is 2.35. The quantitative estimate of drug-likeness (QED) is 0.871. The van der Waals surface area contributed by atoms with Crippen molar-refractivity contribution in [3.63, 3.8) is 0 Å². The molecule has 0 radical (unpaired) electrons. The van der Waals surface area contributed by atoms with Gasteiger partial charge in [0.05, 0.1) is 0 Å². The molecule has 5 nitrogen and oxygen atoms in total. The molecule has 1 N–H and O–H groups in total. The van der Waals surface area contributed by atoms with Crippen LogP contribution in [-0.2, 0) is 6.18 Å². The summed E-state index contributed by atoms with van der Waals surface area (Å²) in [5.74, 6) is 0.398. The monoisotopic (exact) mass is 379 g/mol. The van der Waals surface area contributed by atoms with Crippen LogP contribution in [0.1, 0.15) is 24.1 Å². The lowest BCUT2D eigenvalue weighted by Crippen LogP contribution is -2.40. The molecule has 0 unspecified atom stereocenters. The fourth-order valence-electron chi connectivity index (χ4n) is 3.13. The predicted molar refractivity (Wildman–Crippen MR) is 101 cm³/mol. The van der Waals surface area contributed by atoms with E-state index in [9.17, 15) is 13.2 Å². The van der Waals surface area contributed by atoms with Gasteiger partial charge in [-0.25, -0.2) is 4.98 Å². The molecule has 1 aromatic heterocycles. The summed E-state index contributed by atoms with van der Waals surface area (Å²) in [6.07, 6.45) is -2.87. The first-order valence-corrected chi connectivity index (χ1v) is 8.94. The van der Waals surface area contributed by atoms with Crippen LogP contribution in [0, 0.1) is 6.92 Å². The Kier molecular flexibility index (Phi) is 5.43. The Morgan fingerprint density at radius 1 is 1.11 bits per heavy atom. The average Bonchev–Trinajstić information content (AvgIpc) is 2.61. The molecule has 1 aliphatic rings. The van der Waals surface area contributed by atoms with Gasteiger partial charge in [0.25, 0.3) is 0 Å². The zero-order chi connectivity index (χ0) is 19.6. The fraction of sp³-hybridized carbons (Fsp3) is 0.474. The first-order valence-electron chi connectivity index (χ1n) is 8.94. The van der Waals surface area contributed by atoms with Crippen molar-refractivity contribution in [2.45, 2.75) is 32.0 Å². The minimum absolute atomic E-state index is 0.141. The van der Waals surface area contributed by atoms with Crippen molar-refractivity contribution in [3.05, 3.63) is 41.6 Å². The summed E-state index contributed by atoms with van der Waals surface area (Å²) in [5.41, 5.74) is 1.35. The molecular formula is C19H24F3N5. The molecule has 0 saturated carbocycles. The number of benzene rings is 1. The van der Waals surface area contributed by atoms with E-state index in [2.05, 4.69) is 21.4 Å². The average molecular weight is 379 g/mol. The smallest absolute Gasteiger partial charge is 0.382 e. The van der Waals surface area contributed by atoms with Gasteiger partial charge in [-0.1, -0.05) is 12.1 Å². The molecule has 1 fully saturated rings. The van der Waals surface area contributed by atoms with E-state index in [1.807, 2.05) is 30.0 Å². The Morgan fingerprint density at radius 3 is 2.41 bits per heavy atom. The summed E-state index contributed by atoms with van der Waals surface area (Å²) in [5, 5.41) is 3.50. The van der Waals surface area contributed by atoms with Crippen molar-refractivity contribution in [1.82, 2.24) is 9.97 Å². The maximum absolute atomic E-state index is 13.2. The van der Waals surface area contributed by atoms with Crippen molar-refractivity contribution in [1.29, 1.82) is 0 Å². The van der Waals surface area contributed by atoms with E-state index < -0.39 is 11.9 Å². The van der Waals surface area contributed by atoms with E-state index in [-0.39, 0.29) is 17.8 Å². The van der Waals surface area contributed by atoms with Crippen LogP contribution < -0.4 is 15.1 Å². The molecule has 0 aliphatic carbocycles. The van der Waals surface area contributed by atoms with E-state index in [0.717, 1.165) is 24.6 Å². The van der Waals surface area contributed by atoms with E-state index in [4.69, 9.17) is 0 Å². The summed E-state index contributed by atoms with van der Waals surface area (Å²) >= 11 is 0. The minimum atomic E-state index is -4.49. The molecule has 2 heterocycles. The second-order valence-corrected chi connectivity index (χ2v) is 7.08. The summed E-state index contributed by atoms with van der Waals surface area (Å²) in [4.78, 5) is 11.5. The standard InChI is InChI=1S/C19H24F3N5/c1-13-5-4-6-15(11-13)23-14-7-9-27(10-8-14)18-24-16(19(20,21)22)12-17(25-18)26(2)3/h4-6,11-12,14,23H,7-10H2,1-3H3. The number of nitrogens with one attached hydrogen (secondary N) is 1. The van der Waals surface area contributed by atoms with Gasteiger partial charge >= 0.3 is 6.18 Å². The molecule has 1 aromatic carbocycles. The van der Waals surface area contributed by atoms with Gasteiger partial charge in [0, 0.05) is 45.0 Å². The number of hydrogen-bond acceptors (Lipinski definition) is 5. The topological polar surface area (TPSA) is 44.3 Å². The number of nitrogens with zero attached hydrogens (tertiary/aromatic N) is 4. The number of alkyl halides is 3. The molecule has 1 aliphatic heterocycles. The molecular weight excluding hydrogens is 355 g/mol. The second kappa shape index (κ2) is 7.62. The predicted octanol–water partition coefficient (Wildman–Crippen LogP) is 3.95. The molecule has 146 valence electrons. The first-order chi connectivity index (χ1) is 12.7. The Labute approximate surface area is 157 Å². The Balaban J connectivity index is 1.71.